The Labute approximate surface area is 207 Å². The molecule has 0 saturated carbocycles. The molecular weight excluding hydrogens is 501 g/mol. The maximum atomic E-state index is 13.6. The highest BCUT2D eigenvalue weighted by Crippen LogP contribution is 2.29. The Morgan fingerprint density at radius 1 is 1.09 bits per heavy atom. The zero-order valence-electron chi connectivity index (χ0n) is 17.2. The lowest BCUT2D eigenvalue weighted by atomic mass is 10.0. The summed E-state index contributed by atoms with van der Waals surface area (Å²) in [7, 11) is 0. The average Bonchev–Trinajstić information content (AvgIpc) is 3.34. The summed E-state index contributed by atoms with van der Waals surface area (Å²) >= 11 is 17.5. The summed E-state index contributed by atoms with van der Waals surface area (Å²) in [6, 6.07) is 15.4. The van der Waals surface area contributed by atoms with Gasteiger partial charge in [0.2, 0.25) is 5.82 Å². The Kier molecular flexibility index (Phi) is 5.95. The summed E-state index contributed by atoms with van der Waals surface area (Å²) in [6.45, 7) is 0.199. The number of hydrogen-bond donors (Lipinski definition) is 0. The van der Waals surface area contributed by atoms with E-state index in [1.807, 2.05) is 0 Å². The van der Waals surface area contributed by atoms with Gasteiger partial charge >= 0.3 is 5.56 Å². The van der Waals surface area contributed by atoms with Crippen molar-refractivity contribution in [3.8, 4) is 28.4 Å². The van der Waals surface area contributed by atoms with Gasteiger partial charge in [-0.05, 0) is 23.8 Å². The van der Waals surface area contributed by atoms with Crippen molar-refractivity contribution in [3.63, 3.8) is 0 Å². The summed E-state index contributed by atoms with van der Waals surface area (Å²) in [6.07, 6.45) is 3.21. The van der Waals surface area contributed by atoms with Crippen LogP contribution < -0.4 is 15.2 Å². The van der Waals surface area contributed by atoms with Gasteiger partial charge < -0.3 is 9.63 Å². The van der Waals surface area contributed by atoms with Gasteiger partial charge in [-0.3, -0.25) is 0 Å². The molecule has 0 N–H and O–H groups in total. The number of hydrogen-bond acceptors (Lipinski definition) is 6. The Hall–Kier alpha value is -3.46. The van der Waals surface area contributed by atoms with Gasteiger partial charge in [-0.1, -0.05) is 70.3 Å². The topological polar surface area (TPSA) is 100 Å². The first-order valence-corrected chi connectivity index (χ1v) is 11.2. The molecule has 170 valence electrons. The lowest BCUT2D eigenvalue weighted by Crippen LogP contribution is -2.44. The van der Waals surface area contributed by atoms with Crippen molar-refractivity contribution in [2.45, 2.75) is 11.4 Å². The minimum atomic E-state index is -0.968. The van der Waals surface area contributed by atoms with E-state index < -0.39 is 16.3 Å². The number of fused-ring (bicyclic) bond motifs is 1. The fourth-order valence-corrected chi connectivity index (χ4v) is 3.90. The predicted octanol–water partition coefficient (Wildman–Crippen LogP) is 3.95. The van der Waals surface area contributed by atoms with Crippen LogP contribution in [0.25, 0.3) is 28.2 Å². The Morgan fingerprint density at radius 3 is 2.65 bits per heavy atom. The van der Waals surface area contributed by atoms with Gasteiger partial charge in [-0.15, -0.1) is 0 Å². The second kappa shape index (κ2) is 9.06. The second-order valence-corrected chi connectivity index (χ2v) is 8.81. The molecule has 0 spiro atoms. The third-order valence-electron chi connectivity index (χ3n) is 5.17. The lowest BCUT2D eigenvalue weighted by Gasteiger charge is -2.17. The van der Waals surface area contributed by atoms with Gasteiger partial charge in [-0.2, -0.15) is 9.38 Å². The first-order valence-electron chi connectivity index (χ1n) is 9.99. The van der Waals surface area contributed by atoms with Crippen molar-refractivity contribution in [2.75, 3.05) is 0 Å². The van der Waals surface area contributed by atoms with Gasteiger partial charge in [0, 0.05) is 23.4 Å². The molecule has 1 aromatic carbocycles. The summed E-state index contributed by atoms with van der Waals surface area (Å²) in [5, 5.41) is 17.9. The van der Waals surface area contributed by atoms with E-state index in [4.69, 9.17) is 39.3 Å². The summed E-state index contributed by atoms with van der Waals surface area (Å²) in [4.78, 5) is 20.7. The standard InChI is InChI=1S/C23H14Cl3N5O3/c24-16-8-7-13(11-27-16)12-31-17-6-1-2-9-30(17)22(32)18(23(31)33)14-4-3-5-15(10-14)20-28-21(19(25)26)34-29-20/h1-11,19H,12H2. The molecule has 0 bridgehead atoms. The van der Waals surface area contributed by atoms with Crippen LogP contribution >= 0.6 is 34.8 Å². The lowest BCUT2D eigenvalue weighted by molar-refractivity contribution is -0.708. The van der Waals surface area contributed by atoms with Gasteiger partial charge in [0.05, 0.1) is 12.1 Å². The monoisotopic (exact) mass is 513 g/mol. The largest absolute Gasteiger partial charge is 0.842 e. The maximum Gasteiger partial charge on any atom is 0.349 e. The predicted molar refractivity (Wildman–Crippen MR) is 125 cm³/mol. The van der Waals surface area contributed by atoms with E-state index in [1.54, 1.807) is 67.0 Å². The van der Waals surface area contributed by atoms with Crippen LogP contribution in [-0.4, -0.2) is 19.5 Å². The van der Waals surface area contributed by atoms with Crippen LogP contribution in [0.4, 0.5) is 0 Å². The molecule has 8 nitrogen and oxygen atoms in total. The molecular formula is C23H14Cl3N5O3. The van der Waals surface area contributed by atoms with Gasteiger partial charge in [0.15, 0.2) is 4.84 Å². The first-order chi connectivity index (χ1) is 16.4. The van der Waals surface area contributed by atoms with Crippen LogP contribution in [-0.2, 0) is 6.54 Å². The van der Waals surface area contributed by atoms with Crippen molar-refractivity contribution < 1.29 is 14.2 Å². The molecule has 0 aliphatic rings. The minimum Gasteiger partial charge on any atom is -0.842 e. The van der Waals surface area contributed by atoms with Gasteiger partial charge in [-0.25, -0.2) is 14.3 Å². The molecule has 5 rings (SSSR count). The Balaban J connectivity index is 1.68. The number of pyridine rings is 2. The number of alkyl halides is 2. The zero-order valence-corrected chi connectivity index (χ0v) is 19.5. The van der Waals surface area contributed by atoms with Crippen LogP contribution in [0.1, 0.15) is 16.3 Å². The Morgan fingerprint density at radius 2 is 1.91 bits per heavy atom. The van der Waals surface area contributed by atoms with Crippen molar-refractivity contribution in [2.24, 2.45) is 0 Å². The van der Waals surface area contributed by atoms with Crippen molar-refractivity contribution in [1.82, 2.24) is 19.5 Å². The second-order valence-electron chi connectivity index (χ2n) is 7.33. The number of benzene rings is 1. The summed E-state index contributed by atoms with van der Waals surface area (Å²) < 4.78 is 8.01. The van der Waals surface area contributed by atoms with Gasteiger partial charge in [0.25, 0.3) is 11.5 Å². The highest BCUT2D eigenvalue weighted by Gasteiger charge is 2.21. The van der Waals surface area contributed by atoms with Crippen LogP contribution in [0, 0.1) is 0 Å². The molecule has 0 saturated heterocycles. The third kappa shape index (κ3) is 4.11. The van der Waals surface area contributed by atoms with Crippen molar-refractivity contribution in [3.05, 3.63) is 94.0 Å². The molecule has 0 atom stereocenters. The smallest absolute Gasteiger partial charge is 0.349 e. The molecule has 0 aliphatic carbocycles. The van der Waals surface area contributed by atoms with Crippen LogP contribution in [0.3, 0.4) is 0 Å². The maximum absolute atomic E-state index is 13.6. The normalized spacial score (nSPS) is 11.4. The van der Waals surface area contributed by atoms with E-state index in [9.17, 15) is 9.90 Å². The van der Waals surface area contributed by atoms with E-state index in [1.165, 1.54) is 8.97 Å². The van der Waals surface area contributed by atoms with Crippen molar-refractivity contribution in [1.29, 1.82) is 0 Å². The quantitative estimate of drug-likeness (QED) is 0.200. The van der Waals surface area contributed by atoms with E-state index in [0.29, 0.717) is 21.9 Å². The summed E-state index contributed by atoms with van der Waals surface area (Å²) in [5.41, 5.74) is 1.71. The van der Waals surface area contributed by atoms with E-state index in [0.717, 1.165) is 5.56 Å². The molecule has 5 aromatic rings. The molecule has 4 aromatic heterocycles. The van der Waals surface area contributed by atoms with Crippen LogP contribution in [0.2, 0.25) is 5.15 Å². The van der Waals surface area contributed by atoms with Crippen LogP contribution in [0.5, 0.6) is 5.88 Å². The fourth-order valence-electron chi connectivity index (χ4n) is 3.61. The van der Waals surface area contributed by atoms with E-state index >= 15 is 0 Å². The highest BCUT2D eigenvalue weighted by molar-refractivity contribution is 6.43. The highest BCUT2D eigenvalue weighted by atomic mass is 35.5. The van der Waals surface area contributed by atoms with Crippen LogP contribution in [0.15, 0.2) is 76.3 Å². The molecule has 4 heterocycles. The SMILES string of the molecule is O=c1c(-c2cccc(-c3noc(C(Cl)Cl)n3)c2)c([O-])[n+](Cc2ccc(Cl)nc2)c2ccccn12. The van der Waals surface area contributed by atoms with Gasteiger partial charge in [0.1, 0.15) is 17.3 Å². The minimum absolute atomic E-state index is 0.00348. The van der Waals surface area contributed by atoms with E-state index in [2.05, 4.69) is 15.1 Å². The Bertz CT molecular complexity index is 1560. The molecule has 11 heteroatoms. The first kappa shape index (κ1) is 22.3. The number of nitrogens with zero attached hydrogens (tertiary/aromatic N) is 5. The summed E-state index contributed by atoms with van der Waals surface area (Å²) in [5.74, 6) is -0.163. The molecule has 0 aliphatic heterocycles. The molecule has 0 fully saturated rings. The number of halogens is 3. The van der Waals surface area contributed by atoms with Crippen molar-refractivity contribution >= 4 is 40.4 Å². The van der Waals surface area contributed by atoms with E-state index in [-0.39, 0.29) is 23.8 Å². The molecule has 0 radical (unpaired) electrons. The fraction of sp³-hybridized carbons (Fsp3) is 0.0870. The molecule has 0 unspecified atom stereocenters. The zero-order chi connectivity index (χ0) is 23.8. The molecule has 0 amide bonds. The number of rotatable bonds is 5. The molecule has 34 heavy (non-hydrogen) atoms. The third-order valence-corrected chi connectivity index (χ3v) is 5.77. The number of aromatic nitrogens is 5. The average molecular weight is 515 g/mol.